The highest BCUT2D eigenvalue weighted by molar-refractivity contribution is 5.82. The third kappa shape index (κ3) is 8.08. The van der Waals surface area contributed by atoms with E-state index in [1.165, 1.54) is 0 Å². The first kappa shape index (κ1) is 28.3. The topological polar surface area (TPSA) is 175 Å². The highest BCUT2D eigenvalue weighted by atomic mass is 16.7. The summed E-state index contributed by atoms with van der Waals surface area (Å²) in [5.41, 5.74) is 0.768. The fraction of sp³-hybridized carbons (Fsp3) is 0.609. The molecule has 1 aliphatic rings. The number of carbonyl (C=O) groups excluding carboxylic acids is 1. The van der Waals surface area contributed by atoms with Crippen LogP contribution in [0.25, 0.3) is 0 Å². The number of benzene rings is 1. The number of hydrogen-bond donors (Lipinski definition) is 6. The number of aliphatic hydroxyl groups is 6. The van der Waals surface area contributed by atoms with E-state index in [4.69, 9.17) is 18.9 Å². The molecule has 0 saturated carbocycles. The van der Waals surface area contributed by atoms with Gasteiger partial charge in [-0.25, -0.2) is 4.79 Å². The average Bonchev–Trinajstić information content (AvgIpc) is 2.83. The van der Waals surface area contributed by atoms with E-state index in [9.17, 15) is 35.4 Å². The monoisotopic (exact) mass is 486 g/mol. The summed E-state index contributed by atoms with van der Waals surface area (Å²) in [6.07, 6.45) is -10.1. The Labute approximate surface area is 197 Å². The van der Waals surface area contributed by atoms with Crippen molar-refractivity contribution < 1.29 is 54.4 Å². The summed E-state index contributed by atoms with van der Waals surface area (Å²) >= 11 is 0. The predicted molar refractivity (Wildman–Crippen MR) is 117 cm³/mol. The maximum atomic E-state index is 12.0. The Hall–Kier alpha value is -1.93. The lowest BCUT2D eigenvalue weighted by molar-refractivity contribution is -0.330. The molecule has 11 heteroatoms. The van der Waals surface area contributed by atoms with Crippen LogP contribution >= 0.6 is 0 Å². The van der Waals surface area contributed by atoms with Crippen molar-refractivity contribution in [3.63, 3.8) is 0 Å². The van der Waals surface area contributed by atoms with Crippen LogP contribution in [0.4, 0.5) is 0 Å². The molecule has 0 aliphatic carbocycles. The number of aliphatic hydroxyl groups excluding tert-OH is 6. The lowest BCUT2D eigenvalue weighted by atomic mass is 9.98. The van der Waals surface area contributed by atoms with Crippen molar-refractivity contribution in [1.29, 1.82) is 0 Å². The van der Waals surface area contributed by atoms with Gasteiger partial charge in [-0.15, -0.1) is 0 Å². The maximum Gasteiger partial charge on any atom is 0.330 e. The molecule has 11 nitrogen and oxygen atoms in total. The van der Waals surface area contributed by atoms with Gasteiger partial charge in [0.05, 0.1) is 19.3 Å². The zero-order chi connectivity index (χ0) is 25.3. The molecule has 1 aromatic rings. The van der Waals surface area contributed by atoms with Gasteiger partial charge in [0.15, 0.2) is 6.29 Å². The molecule has 1 aliphatic heterocycles. The van der Waals surface area contributed by atoms with Gasteiger partial charge in [0.2, 0.25) is 0 Å². The van der Waals surface area contributed by atoms with Gasteiger partial charge >= 0.3 is 5.97 Å². The first-order chi connectivity index (χ1) is 16.2. The van der Waals surface area contributed by atoms with Crippen molar-refractivity contribution in [2.75, 3.05) is 13.2 Å². The molecular formula is C23H34O11. The van der Waals surface area contributed by atoms with E-state index in [0.717, 1.165) is 17.7 Å². The highest BCUT2D eigenvalue weighted by Gasteiger charge is 2.47. The van der Waals surface area contributed by atoms with Crippen LogP contribution in [0.5, 0.6) is 0 Å². The van der Waals surface area contributed by atoms with Crippen molar-refractivity contribution in [2.45, 2.75) is 75.6 Å². The maximum absolute atomic E-state index is 12.0. The summed E-state index contributed by atoms with van der Waals surface area (Å²) < 4.78 is 21.5. The number of ether oxygens (including phenoxy) is 4. The van der Waals surface area contributed by atoms with Gasteiger partial charge in [-0.2, -0.15) is 0 Å². The summed E-state index contributed by atoms with van der Waals surface area (Å²) in [5, 5.41) is 60.5. The summed E-state index contributed by atoms with van der Waals surface area (Å²) in [5.74, 6) is -0.761. The quantitative estimate of drug-likeness (QED) is 0.152. The molecule has 0 spiro atoms. The number of hydrogen-bond acceptors (Lipinski definition) is 11. The van der Waals surface area contributed by atoms with Crippen LogP contribution in [0.2, 0.25) is 0 Å². The van der Waals surface area contributed by atoms with E-state index in [0.29, 0.717) is 0 Å². The van der Waals surface area contributed by atoms with E-state index >= 15 is 0 Å². The standard InChI is InChI=1S/C23H34O11/c1-13(2)32-22-19(29)17(11-25)33-23(20(22)30)34-21(16(27)10-24)15(26)8-9-18(28)31-12-14-6-4-3-5-7-14/h3-9,13,15-17,19-27,29-30H,10-12H2,1-2H3/b9-8+/t15?,16?,17?,19-,20?,21-,22?,23-/m0/s1. The Morgan fingerprint density at radius 3 is 2.35 bits per heavy atom. The minimum absolute atomic E-state index is 0.0174. The summed E-state index contributed by atoms with van der Waals surface area (Å²) in [6, 6.07) is 8.95. The van der Waals surface area contributed by atoms with Crippen LogP contribution in [0.15, 0.2) is 42.5 Å². The van der Waals surface area contributed by atoms with Crippen molar-refractivity contribution in [3.05, 3.63) is 48.0 Å². The number of esters is 1. The minimum Gasteiger partial charge on any atom is -0.458 e. The van der Waals surface area contributed by atoms with Gasteiger partial charge in [0.25, 0.3) is 0 Å². The van der Waals surface area contributed by atoms with Crippen LogP contribution in [-0.4, -0.2) is 105 Å². The van der Waals surface area contributed by atoms with Gasteiger partial charge in [0, 0.05) is 6.08 Å². The Morgan fingerprint density at radius 1 is 1.09 bits per heavy atom. The Morgan fingerprint density at radius 2 is 1.76 bits per heavy atom. The fourth-order valence-corrected chi connectivity index (χ4v) is 3.36. The second kappa shape index (κ2) is 13.8. The van der Waals surface area contributed by atoms with Gasteiger partial charge in [0.1, 0.15) is 49.3 Å². The third-order valence-corrected chi connectivity index (χ3v) is 5.10. The summed E-state index contributed by atoms with van der Waals surface area (Å²) in [7, 11) is 0. The smallest absolute Gasteiger partial charge is 0.330 e. The summed E-state index contributed by atoms with van der Waals surface area (Å²) in [6.45, 7) is 1.96. The van der Waals surface area contributed by atoms with Gasteiger partial charge in [-0.1, -0.05) is 30.3 Å². The lowest BCUT2D eigenvalue weighted by Crippen LogP contribution is -2.62. The van der Waals surface area contributed by atoms with Crippen molar-refractivity contribution in [2.24, 2.45) is 0 Å². The van der Waals surface area contributed by atoms with Crippen molar-refractivity contribution in [3.8, 4) is 0 Å². The third-order valence-electron chi connectivity index (χ3n) is 5.10. The second-order valence-corrected chi connectivity index (χ2v) is 8.15. The first-order valence-electron chi connectivity index (χ1n) is 11.0. The van der Waals surface area contributed by atoms with Crippen LogP contribution in [0, 0.1) is 0 Å². The number of carbonyl (C=O) groups is 1. The molecule has 34 heavy (non-hydrogen) atoms. The van der Waals surface area contributed by atoms with E-state index < -0.39 is 68.2 Å². The molecule has 6 N–H and O–H groups in total. The molecule has 0 bridgehead atoms. The summed E-state index contributed by atoms with van der Waals surface area (Å²) in [4.78, 5) is 12.0. The molecule has 0 radical (unpaired) electrons. The normalized spacial score (nSPS) is 28.1. The van der Waals surface area contributed by atoms with Crippen molar-refractivity contribution in [1.82, 2.24) is 0 Å². The molecule has 1 fully saturated rings. The van der Waals surface area contributed by atoms with E-state index in [1.54, 1.807) is 38.1 Å². The van der Waals surface area contributed by atoms with Gasteiger partial charge < -0.3 is 49.6 Å². The minimum atomic E-state index is -1.63. The highest BCUT2D eigenvalue weighted by Crippen LogP contribution is 2.27. The zero-order valence-corrected chi connectivity index (χ0v) is 19.1. The van der Waals surface area contributed by atoms with Crippen LogP contribution in [-0.2, 0) is 30.3 Å². The Bertz CT molecular complexity index is 757. The second-order valence-electron chi connectivity index (χ2n) is 8.15. The molecule has 192 valence electrons. The SMILES string of the molecule is CC(C)OC1C(O)[C@H](O[C@@H](C(O)/C=C/C(=O)OCc2ccccc2)C(O)CO)OC(CO)[C@@H]1O. The molecule has 0 aromatic heterocycles. The molecule has 2 rings (SSSR count). The first-order valence-corrected chi connectivity index (χ1v) is 11.0. The van der Waals surface area contributed by atoms with E-state index in [-0.39, 0.29) is 12.7 Å². The number of rotatable bonds is 12. The largest absolute Gasteiger partial charge is 0.458 e. The molecular weight excluding hydrogens is 452 g/mol. The molecule has 1 aromatic carbocycles. The fourth-order valence-electron chi connectivity index (χ4n) is 3.36. The predicted octanol–water partition coefficient (Wildman–Crippen LogP) is -1.38. The Balaban J connectivity index is 2.07. The molecule has 1 saturated heterocycles. The van der Waals surface area contributed by atoms with Gasteiger partial charge in [-0.3, -0.25) is 0 Å². The van der Waals surface area contributed by atoms with Crippen LogP contribution in [0.3, 0.4) is 0 Å². The lowest BCUT2D eigenvalue weighted by Gasteiger charge is -2.44. The molecule has 0 amide bonds. The Kier molecular flexibility index (Phi) is 11.5. The molecule has 5 unspecified atom stereocenters. The zero-order valence-electron chi connectivity index (χ0n) is 19.1. The van der Waals surface area contributed by atoms with E-state index in [1.807, 2.05) is 6.07 Å². The van der Waals surface area contributed by atoms with Crippen LogP contribution < -0.4 is 0 Å². The van der Waals surface area contributed by atoms with Gasteiger partial charge in [-0.05, 0) is 25.5 Å². The van der Waals surface area contributed by atoms with E-state index in [2.05, 4.69) is 0 Å². The van der Waals surface area contributed by atoms with Crippen LogP contribution in [0.1, 0.15) is 19.4 Å². The molecule has 1 heterocycles. The average molecular weight is 487 g/mol. The van der Waals surface area contributed by atoms with Crippen molar-refractivity contribution >= 4 is 5.97 Å². The molecule has 8 atom stereocenters.